The van der Waals surface area contributed by atoms with Gasteiger partial charge in [0, 0.05) is 12.3 Å². The summed E-state index contributed by atoms with van der Waals surface area (Å²) >= 11 is 0. The van der Waals surface area contributed by atoms with E-state index in [9.17, 15) is 4.79 Å². The van der Waals surface area contributed by atoms with Crippen LogP contribution in [0.3, 0.4) is 0 Å². The van der Waals surface area contributed by atoms with Crippen LogP contribution in [0.15, 0.2) is 30.3 Å². The molecule has 0 unspecified atom stereocenters. The van der Waals surface area contributed by atoms with E-state index in [1.54, 1.807) is 6.07 Å². The van der Waals surface area contributed by atoms with Crippen molar-refractivity contribution in [3.05, 3.63) is 41.7 Å². The molecule has 0 aliphatic heterocycles. The Morgan fingerprint density at radius 2 is 2.13 bits per heavy atom. The topological polar surface area (TPSA) is 53.8 Å². The molecule has 0 N–H and O–H groups in total. The lowest BCUT2D eigenvalue weighted by Gasteiger charge is -2.02. The molecule has 72 valence electrons. The predicted octanol–water partition coefficient (Wildman–Crippen LogP) is 2.31. The van der Waals surface area contributed by atoms with E-state index in [-0.39, 0.29) is 11.5 Å². The van der Waals surface area contributed by atoms with E-state index in [0.29, 0.717) is 5.69 Å². The molecule has 0 saturated heterocycles. The van der Waals surface area contributed by atoms with Crippen LogP contribution < -0.4 is 0 Å². The minimum atomic E-state index is -0.122. The van der Waals surface area contributed by atoms with E-state index in [4.69, 9.17) is 5.26 Å². The van der Waals surface area contributed by atoms with Crippen LogP contribution >= 0.6 is 0 Å². The van der Waals surface area contributed by atoms with E-state index < -0.39 is 0 Å². The number of carbonyl (C=O) groups is 1. The van der Waals surface area contributed by atoms with Gasteiger partial charge in [0.15, 0.2) is 5.78 Å². The molecule has 1 heterocycles. The Labute approximate surface area is 87.0 Å². The van der Waals surface area contributed by atoms with Gasteiger partial charge in [-0.05, 0) is 11.5 Å². The van der Waals surface area contributed by atoms with Crippen LogP contribution in [0.25, 0.3) is 10.8 Å². The third kappa shape index (κ3) is 1.57. The van der Waals surface area contributed by atoms with Gasteiger partial charge in [-0.15, -0.1) is 0 Å². The number of fused-ring (bicyclic) bond motifs is 1. The second-order valence-electron chi connectivity index (χ2n) is 3.25. The fraction of sp³-hybridized carbons (Fsp3) is 0.0833. The number of hydrogen-bond donors (Lipinski definition) is 0. The first-order valence-electron chi connectivity index (χ1n) is 4.53. The summed E-state index contributed by atoms with van der Waals surface area (Å²) in [5, 5.41) is 10.4. The van der Waals surface area contributed by atoms with Gasteiger partial charge in [-0.1, -0.05) is 24.3 Å². The van der Waals surface area contributed by atoms with Crippen LogP contribution in [0.4, 0.5) is 0 Å². The van der Waals surface area contributed by atoms with Crippen molar-refractivity contribution in [2.24, 2.45) is 0 Å². The first-order valence-corrected chi connectivity index (χ1v) is 4.53. The Kier molecular flexibility index (Phi) is 2.18. The number of pyridine rings is 1. The van der Waals surface area contributed by atoms with Gasteiger partial charge in [-0.25, -0.2) is 4.98 Å². The maximum Gasteiger partial charge on any atom is 0.178 e. The van der Waals surface area contributed by atoms with Crippen molar-refractivity contribution in [1.29, 1.82) is 5.26 Å². The summed E-state index contributed by atoms with van der Waals surface area (Å²) < 4.78 is 0. The first-order chi connectivity index (χ1) is 7.22. The summed E-state index contributed by atoms with van der Waals surface area (Å²) in [4.78, 5) is 15.4. The fourth-order valence-corrected chi connectivity index (χ4v) is 1.52. The molecule has 0 bridgehead atoms. The Balaban J connectivity index is 2.88. The van der Waals surface area contributed by atoms with Crippen molar-refractivity contribution in [2.45, 2.75) is 6.92 Å². The number of rotatable bonds is 1. The highest BCUT2D eigenvalue weighted by atomic mass is 16.1. The highest BCUT2D eigenvalue weighted by Crippen LogP contribution is 2.18. The molecule has 15 heavy (non-hydrogen) atoms. The van der Waals surface area contributed by atoms with Gasteiger partial charge < -0.3 is 0 Å². The zero-order valence-corrected chi connectivity index (χ0v) is 8.19. The van der Waals surface area contributed by atoms with Crippen molar-refractivity contribution in [3.8, 4) is 6.07 Å². The standard InChI is InChI=1S/C12H8N2O/c1-8(15)12-11-5-3-2-4-9(11)6-10(7-13)14-12/h2-6H,1H3. The van der Waals surface area contributed by atoms with Gasteiger partial charge in [0.05, 0.1) is 0 Å². The summed E-state index contributed by atoms with van der Waals surface area (Å²) in [6.07, 6.45) is 0. The number of nitrogens with zero attached hydrogens (tertiary/aromatic N) is 2. The van der Waals surface area contributed by atoms with Crippen molar-refractivity contribution in [2.75, 3.05) is 0 Å². The van der Waals surface area contributed by atoms with Gasteiger partial charge in [-0.3, -0.25) is 4.79 Å². The Bertz CT molecular complexity index is 582. The number of Topliss-reactive ketones (excluding diaryl/α,β-unsaturated/α-hetero) is 1. The number of hydrogen-bond acceptors (Lipinski definition) is 3. The number of carbonyl (C=O) groups excluding carboxylic acids is 1. The van der Waals surface area contributed by atoms with E-state index in [1.807, 2.05) is 30.3 Å². The fourth-order valence-electron chi connectivity index (χ4n) is 1.52. The summed E-state index contributed by atoms with van der Waals surface area (Å²) in [5.74, 6) is -0.122. The summed E-state index contributed by atoms with van der Waals surface area (Å²) in [6.45, 7) is 1.45. The molecule has 0 spiro atoms. The molecule has 1 aromatic heterocycles. The van der Waals surface area contributed by atoms with E-state index in [0.717, 1.165) is 10.8 Å². The number of aromatic nitrogens is 1. The molecule has 0 saturated carbocycles. The Morgan fingerprint density at radius 3 is 2.80 bits per heavy atom. The second-order valence-corrected chi connectivity index (χ2v) is 3.25. The van der Waals surface area contributed by atoms with Crippen LogP contribution in [0.1, 0.15) is 23.1 Å². The number of nitriles is 1. The van der Waals surface area contributed by atoms with Crippen LogP contribution in [0, 0.1) is 11.3 Å². The third-order valence-electron chi connectivity index (χ3n) is 2.19. The van der Waals surface area contributed by atoms with Crippen LogP contribution in [-0.4, -0.2) is 10.8 Å². The predicted molar refractivity (Wildman–Crippen MR) is 56.5 cm³/mol. The minimum Gasteiger partial charge on any atom is -0.293 e. The van der Waals surface area contributed by atoms with E-state index in [1.165, 1.54) is 6.92 Å². The number of ketones is 1. The van der Waals surface area contributed by atoms with Crippen LogP contribution in [0.5, 0.6) is 0 Å². The van der Waals surface area contributed by atoms with Crippen molar-refractivity contribution in [3.63, 3.8) is 0 Å². The molecule has 1 aromatic carbocycles. The van der Waals surface area contributed by atoms with Gasteiger partial charge in [0.1, 0.15) is 17.5 Å². The summed E-state index contributed by atoms with van der Waals surface area (Å²) in [5.41, 5.74) is 0.642. The molecular formula is C12H8N2O. The third-order valence-corrected chi connectivity index (χ3v) is 2.19. The van der Waals surface area contributed by atoms with Gasteiger partial charge in [-0.2, -0.15) is 5.26 Å². The average Bonchev–Trinajstić information content (AvgIpc) is 2.27. The molecule has 3 nitrogen and oxygen atoms in total. The molecule has 2 rings (SSSR count). The van der Waals surface area contributed by atoms with Crippen LogP contribution in [0.2, 0.25) is 0 Å². The van der Waals surface area contributed by atoms with Gasteiger partial charge in [0.2, 0.25) is 0 Å². The molecule has 2 aromatic rings. The minimum absolute atomic E-state index is 0.122. The second kappa shape index (κ2) is 3.50. The largest absolute Gasteiger partial charge is 0.293 e. The first kappa shape index (κ1) is 9.35. The Hall–Kier alpha value is -2.21. The summed E-state index contributed by atoms with van der Waals surface area (Å²) in [6, 6.07) is 11.1. The maximum absolute atomic E-state index is 11.4. The highest BCUT2D eigenvalue weighted by Gasteiger charge is 2.08. The molecule has 0 fully saturated rings. The van der Waals surface area contributed by atoms with Crippen LogP contribution in [-0.2, 0) is 0 Å². The van der Waals surface area contributed by atoms with Crippen molar-refractivity contribution >= 4 is 16.6 Å². The van der Waals surface area contributed by atoms with E-state index >= 15 is 0 Å². The SMILES string of the molecule is CC(=O)c1nc(C#N)cc2ccccc12. The molecule has 0 radical (unpaired) electrons. The number of benzene rings is 1. The lowest BCUT2D eigenvalue weighted by Crippen LogP contribution is -2.00. The quantitative estimate of drug-likeness (QED) is 0.657. The zero-order valence-electron chi connectivity index (χ0n) is 8.19. The normalized spacial score (nSPS) is 9.87. The van der Waals surface area contributed by atoms with Crippen molar-refractivity contribution < 1.29 is 4.79 Å². The molecular weight excluding hydrogens is 188 g/mol. The molecule has 3 heteroatoms. The smallest absolute Gasteiger partial charge is 0.178 e. The molecule has 0 amide bonds. The monoisotopic (exact) mass is 196 g/mol. The maximum atomic E-state index is 11.4. The lowest BCUT2D eigenvalue weighted by atomic mass is 10.1. The lowest BCUT2D eigenvalue weighted by molar-refractivity contribution is 0.101. The zero-order chi connectivity index (χ0) is 10.8. The summed E-state index contributed by atoms with van der Waals surface area (Å²) in [7, 11) is 0. The highest BCUT2D eigenvalue weighted by molar-refractivity contribution is 6.05. The molecule has 0 aliphatic carbocycles. The van der Waals surface area contributed by atoms with Crippen molar-refractivity contribution in [1.82, 2.24) is 4.98 Å². The van der Waals surface area contributed by atoms with Gasteiger partial charge in [0.25, 0.3) is 0 Å². The van der Waals surface area contributed by atoms with Gasteiger partial charge >= 0.3 is 0 Å². The van der Waals surface area contributed by atoms with E-state index in [2.05, 4.69) is 4.98 Å². The average molecular weight is 196 g/mol. The Morgan fingerprint density at radius 1 is 1.40 bits per heavy atom. The molecule has 0 atom stereocenters. The molecule has 0 aliphatic rings.